The standard InChI is InChI=1S/C8H16N2O/c1-4-5-7(11)10-6-8(2,3)9/h4H,1,5-6,9H2,2-3H3,(H,10,11). The number of rotatable bonds is 4. The molecule has 0 aliphatic rings. The fraction of sp³-hybridized carbons (Fsp3) is 0.625. The summed E-state index contributed by atoms with van der Waals surface area (Å²) in [5.74, 6) is -0.0291. The molecule has 0 rings (SSSR count). The largest absolute Gasteiger partial charge is 0.354 e. The maximum atomic E-state index is 10.9. The minimum Gasteiger partial charge on any atom is -0.354 e. The molecule has 3 heteroatoms. The molecule has 3 N–H and O–H groups in total. The average molecular weight is 156 g/mol. The number of hydrogen-bond acceptors (Lipinski definition) is 2. The van der Waals surface area contributed by atoms with Gasteiger partial charge in [-0.2, -0.15) is 0 Å². The molecular formula is C8H16N2O. The molecule has 0 saturated heterocycles. The Morgan fingerprint density at radius 1 is 1.73 bits per heavy atom. The second-order valence-electron chi connectivity index (χ2n) is 3.26. The maximum Gasteiger partial charge on any atom is 0.223 e. The Hall–Kier alpha value is -0.830. The Morgan fingerprint density at radius 2 is 2.27 bits per heavy atom. The zero-order valence-corrected chi connectivity index (χ0v) is 7.18. The molecule has 0 aliphatic carbocycles. The van der Waals surface area contributed by atoms with Crippen molar-refractivity contribution in [1.82, 2.24) is 5.32 Å². The third kappa shape index (κ3) is 7.06. The summed E-state index contributed by atoms with van der Waals surface area (Å²) < 4.78 is 0. The van der Waals surface area contributed by atoms with Crippen molar-refractivity contribution in [2.24, 2.45) is 5.73 Å². The van der Waals surface area contributed by atoms with Crippen LogP contribution in [0.1, 0.15) is 20.3 Å². The lowest BCUT2D eigenvalue weighted by atomic mass is 10.1. The third-order valence-electron chi connectivity index (χ3n) is 1.07. The molecule has 0 aromatic rings. The lowest BCUT2D eigenvalue weighted by Gasteiger charge is -2.18. The van der Waals surface area contributed by atoms with Crippen LogP contribution in [0.4, 0.5) is 0 Å². The van der Waals surface area contributed by atoms with Gasteiger partial charge in [0.15, 0.2) is 0 Å². The number of carbonyl (C=O) groups is 1. The Labute approximate surface area is 67.7 Å². The van der Waals surface area contributed by atoms with Crippen molar-refractivity contribution in [3.8, 4) is 0 Å². The first-order valence-electron chi connectivity index (χ1n) is 3.62. The van der Waals surface area contributed by atoms with Gasteiger partial charge < -0.3 is 11.1 Å². The average Bonchev–Trinajstić information content (AvgIpc) is 1.83. The van der Waals surface area contributed by atoms with E-state index < -0.39 is 0 Å². The van der Waals surface area contributed by atoms with Crippen LogP contribution < -0.4 is 11.1 Å². The van der Waals surface area contributed by atoms with Gasteiger partial charge in [-0.15, -0.1) is 6.58 Å². The number of nitrogens with one attached hydrogen (secondary N) is 1. The first-order chi connectivity index (χ1) is 4.95. The smallest absolute Gasteiger partial charge is 0.223 e. The molecule has 1 amide bonds. The number of carbonyl (C=O) groups excluding carboxylic acids is 1. The summed E-state index contributed by atoms with van der Waals surface area (Å²) in [5.41, 5.74) is 5.30. The van der Waals surface area contributed by atoms with Gasteiger partial charge in [0.1, 0.15) is 0 Å². The molecule has 0 fully saturated rings. The summed E-state index contributed by atoms with van der Waals surface area (Å²) in [7, 11) is 0. The summed E-state index contributed by atoms with van der Waals surface area (Å²) in [6.07, 6.45) is 1.93. The van der Waals surface area contributed by atoms with Crippen molar-refractivity contribution < 1.29 is 4.79 Å². The first-order valence-corrected chi connectivity index (χ1v) is 3.62. The van der Waals surface area contributed by atoms with Crippen molar-refractivity contribution in [2.45, 2.75) is 25.8 Å². The van der Waals surface area contributed by atoms with Gasteiger partial charge in [-0.05, 0) is 13.8 Å². The molecule has 0 aliphatic heterocycles. The fourth-order valence-corrected chi connectivity index (χ4v) is 0.530. The Morgan fingerprint density at radius 3 is 2.64 bits per heavy atom. The maximum absolute atomic E-state index is 10.9. The van der Waals surface area contributed by atoms with Gasteiger partial charge in [0.2, 0.25) is 5.91 Å². The highest BCUT2D eigenvalue weighted by molar-refractivity contribution is 5.77. The monoisotopic (exact) mass is 156 g/mol. The molecule has 0 spiro atoms. The number of hydrogen-bond donors (Lipinski definition) is 2. The van der Waals surface area contributed by atoms with E-state index in [0.29, 0.717) is 13.0 Å². The molecule has 0 atom stereocenters. The molecule has 0 radical (unpaired) electrons. The van der Waals surface area contributed by atoms with Gasteiger partial charge in [-0.25, -0.2) is 0 Å². The van der Waals surface area contributed by atoms with Crippen molar-refractivity contribution in [3.05, 3.63) is 12.7 Å². The highest BCUT2D eigenvalue weighted by atomic mass is 16.1. The van der Waals surface area contributed by atoms with Crippen LogP contribution in [0.3, 0.4) is 0 Å². The van der Waals surface area contributed by atoms with Gasteiger partial charge in [0.05, 0.1) is 0 Å². The molecule has 0 saturated carbocycles. The summed E-state index contributed by atoms with van der Waals surface area (Å²) in [6.45, 7) is 7.68. The normalized spacial score (nSPS) is 10.8. The van der Waals surface area contributed by atoms with E-state index in [9.17, 15) is 4.79 Å². The molecule has 64 valence electrons. The van der Waals surface area contributed by atoms with Crippen molar-refractivity contribution in [2.75, 3.05) is 6.54 Å². The van der Waals surface area contributed by atoms with Gasteiger partial charge in [0, 0.05) is 18.5 Å². The summed E-state index contributed by atoms with van der Waals surface area (Å²) in [5, 5.41) is 2.69. The highest BCUT2D eigenvalue weighted by Crippen LogP contribution is 1.92. The topological polar surface area (TPSA) is 55.1 Å². The van der Waals surface area contributed by atoms with Crippen LogP contribution in [-0.4, -0.2) is 18.0 Å². The minimum atomic E-state index is -0.336. The molecule has 0 unspecified atom stereocenters. The van der Waals surface area contributed by atoms with Crippen LogP contribution in [0.5, 0.6) is 0 Å². The van der Waals surface area contributed by atoms with E-state index in [2.05, 4.69) is 11.9 Å². The predicted molar refractivity (Wildman–Crippen MR) is 46.1 cm³/mol. The van der Waals surface area contributed by atoms with Gasteiger partial charge >= 0.3 is 0 Å². The van der Waals surface area contributed by atoms with Crippen molar-refractivity contribution in [1.29, 1.82) is 0 Å². The molecule has 0 aromatic heterocycles. The van der Waals surface area contributed by atoms with Crippen LogP contribution in [-0.2, 0) is 4.79 Å². The van der Waals surface area contributed by atoms with E-state index in [4.69, 9.17) is 5.73 Å². The molecule has 3 nitrogen and oxygen atoms in total. The van der Waals surface area contributed by atoms with Crippen molar-refractivity contribution >= 4 is 5.91 Å². The molecular weight excluding hydrogens is 140 g/mol. The SMILES string of the molecule is C=CCC(=O)NCC(C)(C)N. The van der Waals surface area contributed by atoms with E-state index >= 15 is 0 Å². The van der Waals surface area contributed by atoms with Gasteiger partial charge in [-0.1, -0.05) is 6.08 Å². The third-order valence-corrected chi connectivity index (χ3v) is 1.07. The van der Waals surface area contributed by atoms with E-state index in [1.54, 1.807) is 6.08 Å². The zero-order chi connectivity index (χ0) is 8.91. The summed E-state index contributed by atoms with van der Waals surface area (Å²) in [6, 6.07) is 0. The predicted octanol–water partition coefficient (Wildman–Crippen LogP) is 0.416. The van der Waals surface area contributed by atoms with E-state index in [-0.39, 0.29) is 11.4 Å². The van der Waals surface area contributed by atoms with Crippen LogP contribution >= 0.6 is 0 Å². The van der Waals surface area contributed by atoms with Crippen LogP contribution in [0.15, 0.2) is 12.7 Å². The zero-order valence-electron chi connectivity index (χ0n) is 7.18. The summed E-state index contributed by atoms with van der Waals surface area (Å²) >= 11 is 0. The van der Waals surface area contributed by atoms with Gasteiger partial charge in [-0.3, -0.25) is 4.79 Å². The lowest BCUT2D eigenvalue weighted by molar-refractivity contribution is -0.120. The second kappa shape index (κ2) is 4.13. The molecule has 11 heavy (non-hydrogen) atoms. The van der Waals surface area contributed by atoms with Crippen LogP contribution in [0.2, 0.25) is 0 Å². The van der Waals surface area contributed by atoms with Crippen molar-refractivity contribution in [3.63, 3.8) is 0 Å². The summed E-state index contributed by atoms with van der Waals surface area (Å²) in [4.78, 5) is 10.9. The highest BCUT2D eigenvalue weighted by Gasteiger charge is 2.10. The molecule has 0 aromatic carbocycles. The Kier molecular flexibility index (Phi) is 3.82. The molecule has 0 bridgehead atoms. The fourth-order valence-electron chi connectivity index (χ4n) is 0.530. The van der Waals surface area contributed by atoms with Crippen LogP contribution in [0, 0.1) is 0 Å². The lowest BCUT2D eigenvalue weighted by Crippen LogP contribution is -2.44. The minimum absolute atomic E-state index is 0.0291. The van der Waals surface area contributed by atoms with E-state index in [0.717, 1.165) is 0 Å². The molecule has 0 heterocycles. The van der Waals surface area contributed by atoms with E-state index in [1.807, 2.05) is 13.8 Å². The second-order valence-corrected chi connectivity index (χ2v) is 3.26. The quantitative estimate of drug-likeness (QED) is 0.579. The number of nitrogens with two attached hydrogens (primary N) is 1. The first kappa shape index (κ1) is 10.2. The Bertz CT molecular complexity index is 147. The number of amides is 1. The van der Waals surface area contributed by atoms with E-state index in [1.165, 1.54) is 0 Å². The van der Waals surface area contributed by atoms with Gasteiger partial charge in [0.25, 0.3) is 0 Å². The van der Waals surface area contributed by atoms with Crippen LogP contribution in [0.25, 0.3) is 0 Å². The Balaban J connectivity index is 3.54.